The van der Waals surface area contributed by atoms with E-state index in [2.05, 4.69) is 29.0 Å². The fourth-order valence-electron chi connectivity index (χ4n) is 4.68. The van der Waals surface area contributed by atoms with Crippen molar-refractivity contribution in [1.82, 2.24) is 4.72 Å². The first kappa shape index (κ1) is 12.8. The van der Waals surface area contributed by atoms with Gasteiger partial charge in [0.15, 0.2) is 0 Å². The molecule has 0 bridgehead atoms. The molecule has 1 aromatic rings. The van der Waals surface area contributed by atoms with Crippen LogP contribution in [0, 0.1) is 11.3 Å². The van der Waals surface area contributed by atoms with Gasteiger partial charge >= 0.3 is 10.3 Å². The maximum Gasteiger partial charge on any atom is 0.336 e. The first-order chi connectivity index (χ1) is 9.63. The van der Waals surface area contributed by atoms with Gasteiger partial charge in [0.05, 0.1) is 6.61 Å². The van der Waals surface area contributed by atoms with Gasteiger partial charge in [-0.1, -0.05) is 36.8 Å². The molecule has 1 heterocycles. The fourth-order valence-corrected chi connectivity index (χ4v) is 5.74. The van der Waals surface area contributed by atoms with E-state index in [-0.39, 0.29) is 11.5 Å². The van der Waals surface area contributed by atoms with Crippen LogP contribution in [-0.4, -0.2) is 21.1 Å². The van der Waals surface area contributed by atoms with E-state index in [1.165, 1.54) is 12.0 Å². The van der Waals surface area contributed by atoms with Gasteiger partial charge in [-0.15, -0.1) is 0 Å². The van der Waals surface area contributed by atoms with Crippen LogP contribution in [0.25, 0.3) is 0 Å². The largest absolute Gasteiger partial charge is 0.336 e. The second kappa shape index (κ2) is 4.29. The monoisotopic (exact) mass is 293 g/mol. The van der Waals surface area contributed by atoms with Crippen LogP contribution in [0.4, 0.5) is 0 Å². The van der Waals surface area contributed by atoms with Crippen molar-refractivity contribution in [2.45, 2.75) is 37.6 Å². The lowest BCUT2D eigenvalue weighted by Crippen LogP contribution is -2.42. The van der Waals surface area contributed by atoms with Crippen LogP contribution in [0.3, 0.4) is 0 Å². The highest BCUT2D eigenvalue weighted by atomic mass is 32.2. The summed E-state index contributed by atoms with van der Waals surface area (Å²) in [6, 6.07) is 10.6. The highest BCUT2D eigenvalue weighted by molar-refractivity contribution is 7.84. The van der Waals surface area contributed by atoms with Gasteiger partial charge in [-0.05, 0) is 42.1 Å². The molecule has 1 aliphatic heterocycles. The van der Waals surface area contributed by atoms with Crippen molar-refractivity contribution in [3.63, 3.8) is 0 Å². The molecule has 4 rings (SSSR count). The van der Waals surface area contributed by atoms with Crippen molar-refractivity contribution in [2.24, 2.45) is 11.3 Å². The average molecular weight is 293 g/mol. The van der Waals surface area contributed by atoms with E-state index in [1.807, 2.05) is 6.07 Å². The molecule has 2 saturated carbocycles. The van der Waals surface area contributed by atoms with Crippen LogP contribution in [0.1, 0.15) is 37.2 Å². The van der Waals surface area contributed by atoms with Gasteiger partial charge in [0.2, 0.25) is 0 Å². The summed E-state index contributed by atoms with van der Waals surface area (Å²) in [5.41, 5.74) is 1.44. The molecule has 4 nitrogen and oxygen atoms in total. The van der Waals surface area contributed by atoms with Gasteiger partial charge in [-0.25, -0.2) is 0 Å². The van der Waals surface area contributed by atoms with Gasteiger partial charge in [0, 0.05) is 6.04 Å². The van der Waals surface area contributed by atoms with Crippen molar-refractivity contribution < 1.29 is 12.6 Å². The van der Waals surface area contributed by atoms with E-state index in [1.54, 1.807) is 0 Å². The standard InChI is InChI=1S/C15H19NO3S/c17-20(18)16-13-8-4-7-12-14(11-5-2-1-3-6-11)15(12,13)9-10-19-20/h1-3,5-6,12-14,16H,4,7-10H2/t12-,13-,14?,15+/m1/s1. The summed E-state index contributed by atoms with van der Waals surface area (Å²) in [6.45, 7) is 0.311. The molecule has 0 amide bonds. The summed E-state index contributed by atoms with van der Waals surface area (Å²) in [5, 5.41) is 0. The molecular weight excluding hydrogens is 274 g/mol. The molecule has 1 saturated heterocycles. The lowest BCUT2D eigenvalue weighted by atomic mass is 9.81. The average Bonchev–Trinajstić information content (AvgIpc) is 3.11. The maximum atomic E-state index is 11.8. The van der Waals surface area contributed by atoms with Crippen molar-refractivity contribution in [3.05, 3.63) is 35.9 Å². The number of rotatable bonds is 1. The number of nitrogens with one attached hydrogen (secondary N) is 1. The summed E-state index contributed by atoms with van der Waals surface area (Å²) in [5.74, 6) is 1.09. The van der Waals surface area contributed by atoms with Crippen LogP contribution >= 0.6 is 0 Å². The first-order valence-corrected chi connectivity index (χ1v) is 8.76. The zero-order chi connectivity index (χ0) is 13.8. The Morgan fingerprint density at radius 3 is 2.80 bits per heavy atom. The van der Waals surface area contributed by atoms with Gasteiger partial charge < -0.3 is 0 Å². The van der Waals surface area contributed by atoms with Crippen LogP contribution in [-0.2, 0) is 14.5 Å². The van der Waals surface area contributed by atoms with Crippen molar-refractivity contribution in [1.29, 1.82) is 0 Å². The molecule has 5 heteroatoms. The summed E-state index contributed by atoms with van der Waals surface area (Å²) in [4.78, 5) is 0. The number of hydrogen-bond acceptors (Lipinski definition) is 3. The zero-order valence-corrected chi connectivity index (χ0v) is 12.1. The van der Waals surface area contributed by atoms with Crippen molar-refractivity contribution in [2.75, 3.05) is 6.61 Å². The van der Waals surface area contributed by atoms with Gasteiger partial charge in [0.25, 0.3) is 0 Å². The SMILES string of the molecule is O=S1(=O)N[C@@H]2CCC[C@@H]3C(c4ccccc4)[C@@]32CCO1. The van der Waals surface area contributed by atoms with Crippen molar-refractivity contribution in [3.8, 4) is 0 Å². The molecule has 3 aliphatic rings. The lowest BCUT2D eigenvalue weighted by Gasteiger charge is -2.29. The minimum absolute atomic E-state index is 0.0407. The molecule has 1 N–H and O–H groups in total. The zero-order valence-electron chi connectivity index (χ0n) is 11.3. The molecule has 1 unspecified atom stereocenters. The highest BCUT2D eigenvalue weighted by Gasteiger charge is 2.69. The Kier molecular flexibility index (Phi) is 2.75. The van der Waals surface area contributed by atoms with Gasteiger partial charge in [-0.3, -0.25) is 4.18 Å². The predicted molar refractivity (Wildman–Crippen MR) is 75.4 cm³/mol. The quantitative estimate of drug-likeness (QED) is 0.863. The summed E-state index contributed by atoms with van der Waals surface area (Å²) >= 11 is 0. The Morgan fingerprint density at radius 1 is 1.20 bits per heavy atom. The lowest BCUT2D eigenvalue weighted by molar-refractivity contribution is 0.232. The number of benzene rings is 1. The second-order valence-corrected chi connectivity index (χ2v) is 7.61. The van der Waals surface area contributed by atoms with E-state index in [0.29, 0.717) is 18.4 Å². The minimum Gasteiger partial charge on any atom is -0.258 e. The number of hydrogen-bond donors (Lipinski definition) is 1. The first-order valence-electron chi connectivity index (χ1n) is 7.35. The molecule has 0 radical (unpaired) electrons. The van der Waals surface area contributed by atoms with E-state index in [9.17, 15) is 8.42 Å². The molecule has 0 aromatic heterocycles. The molecular formula is C15H19NO3S. The van der Waals surface area contributed by atoms with E-state index < -0.39 is 10.3 Å². The van der Waals surface area contributed by atoms with Crippen LogP contribution in [0.5, 0.6) is 0 Å². The second-order valence-electron chi connectivity index (χ2n) is 6.23. The maximum absolute atomic E-state index is 11.8. The third kappa shape index (κ3) is 1.76. The molecule has 108 valence electrons. The summed E-state index contributed by atoms with van der Waals surface area (Å²) in [7, 11) is -3.56. The van der Waals surface area contributed by atoms with Crippen molar-refractivity contribution >= 4 is 10.3 Å². The molecule has 4 atom stereocenters. The molecule has 3 fully saturated rings. The fraction of sp³-hybridized carbons (Fsp3) is 0.600. The Labute approximate surface area is 119 Å². The highest BCUT2D eigenvalue weighted by Crippen LogP contribution is 2.73. The van der Waals surface area contributed by atoms with Crippen LogP contribution in [0.15, 0.2) is 30.3 Å². The Balaban J connectivity index is 1.72. The normalized spacial score (nSPS) is 42.1. The van der Waals surface area contributed by atoms with Crippen LogP contribution < -0.4 is 4.72 Å². The van der Waals surface area contributed by atoms with E-state index in [0.717, 1.165) is 19.3 Å². The smallest absolute Gasteiger partial charge is 0.258 e. The summed E-state index contributed by atoms with van der Waals surface area (Å²) < 4.78 is 31.4. The van der Waals surface area contributed by atoms with Crippen LogP contribution in [0.2, 0.25) is 0 Å². The minimum atomic E-state index is -3.56. The Bertz CT molecular complexity index is 615. The van der Waals surface area contributed by atoms with E-state index >= 15 is 0 Å². The van der Waals surface area contributed by atoms with E-state index in [4.69, 9.17) is 4.18 Å². The Hall–Kier alpha value is -0.910. The Morgan fingerprint density at radius 2 is 2.00 bits per heavy atom. The topological polar surface area (TPSA) is 55.4 Å². The van der Waals surface area contributed by atoms with Gasteiger partial charge in [-0.2, -0.15) is 13.1 Å². The molecule has 2 aliphatic carbocycles. The molecule has 1 spiro atoms. The molecule has 20 heavy (non-hydrogen) atoms. The third-order valence-corrected chi connectivity index (χ3v) is 6.49. The predicted octanol–water partition coefficient (Wildman–Crippen LogP) is 2.19. The third-order valence-electron chi connectivity index (χ3n) is 5.44. The van der Waals surface area contributed by atoms with Gasteiger partial charge in [0.1, 0.15) is 0 Å². The molecule has 1 aromatic carbocycles. The summed E-state index contributed by atoms with van der Waals surface area (Å²) in [6.07, 6.45) is 4.08.